The van der Waals surface area contributed by atoms with Crippen LogP contribution >= 0.6 is 0 Å². The second kappa shape index (κ2) is 5.76. The van der Waals surface area contributed by atoms with Gasteiger partial charge in [0.1, 0.15) is 5.82 Å². The molecule has 0 saturated heterocycles. The average molecular weight is 232 g/mol. The van der Waals surface area contributed by atoms with Crippen molar-refractivity contribution in [2.24, 2.45) is 0 Å². The normalized spacial score (nSPS) is 16.4. The highest BCUT2D eigenvalue weighted by Gasteiger charge is 2.05. The Balaban J connectivity index is 2.19. The van der Waals surface area contributed by atoms with Gasteiger partial charge in [-0.25, -0.2) is 4.39 Å². The summed E-state index contributed by atoms with van der Waals surface area (Å²) in [6.45, 7) is 0. The first-order valence-electron chi connectivity index (χ1n) is 6.24. The lowest BCUT2D eigenvalue weighted by molar-refractivity contribution is 0.112. The molecule has 0 amide bonds. The fourth-order valence-corrected chi connectivity index (χ4v) is 2.29. The summed E-state index contributed by atoms with van der Waals surface area (Å²) in [5.74, 6) is -0.428. The topological polar surface area (TPSA) is 17.1 Å². The molecule has 0 aromatic heterocycles. The van der Waals surface area contributed by atoms with Gasteiger partial charge in [-0.05, 0) is 43.4 Å². The molecular weight excluding hydrogens is 215 g/mol. The molecule has 2 rings (SSSR count). The molecule has 0 unspecified atom stereocenters. The van der Waals surface area contributed by atoms with E-state index in [1.54, 1.807) is 6.07 Å². The molecule has 0 bridgehead atoms. The van der Waals surface area contributed by atoms with E-state index in [-0.39, 0.29) is 5.56 Å². The van der Waals surface area contributed by atoms with Crippen LogP contribution in [0.2, 0.25) is 0 Å². The summed E-state index contributed by atoms with van der Waals surface area (Å²) >= 11 is 0. The molecule has 0 heterocycles. The highest BCUT2D eigenvalue weighted by molar-refractivity contribution is 5.76. The highest BCUT2D eigenvalue weighted by atomic mass is 19.1. The molecule has 0 atom stereocenters. The molecule has 1 aromatic rings. The van der Waals surface area contributed by atoms with Crippen LogP contribution in [0.3, 0.4) is 0 Å². The van der Waals surface area contributed by atoms with E-state index >= 15 is 0 Å². The Bertz CT molecular complexity index is 425. The van der Waals surface area contributed by atoms with Crippen molar-refractivity contribution in [1.82, 2.24) is 0 Å². The predicted molar refractivity (Wildman–Crippen MR) is 67.5 cm³/mol. The standard InChI is InChI=1S/C15H17FO/c16-15-10-13(7-8-14(15)11-17)9-12-5-3-1-2-4-6-12/h7-11H,1-6H2. The van der Waals surface area contributed by atoms with Crippen LogP contribution in [0.1, 0.15) is 54.4 Å². The average Bonchev–Trinajstić information content (AvgIpc) is 2.58. The number of carbonyl (C=O) groups is 1. The SMILES string of the molecule is O=Cc1ccc(C=C2CCCCCC2)cc1F. The van der Waals surface area contributed by atoms with Crippen LogP contribution in [0.25, 0.3) is 6.08 Å². The van der Waals surface area contributed by atoms with Crippen molar-refractivity contribution >= 4 is 12.4 Å². The van der Waals surface area contributed by atoms with E-state index in [4.69, 9.17) is 0 Å². The zero-order chi connectivity index (χ0) is 12.1. The summed E-state index contributed by atoms with van der Waals surface area (Å²) in [5.41, 5.74) is 2.40. The molecule has 1 aliphatic carbocycles. The highest BCUT2D eigenvalue weighted by Crippen LogP contribution is 2.24. The Kier molecular flexibility index (Phi) is 4.08. The first kappa shape index (κ1) is 12.0. The predicted octanol–water partition coefficient (Wildman–Crippen LogP) is 4.38. The number of rotatable bonds is 2. The quantitative estimate of drug-likeness (QED) is 0.546. The van der Waals surface area contributed by atoms with Gasteiger partial charge in [-0.15, -0.1) is 0 Å². The van der Waals surface area contributed by atoms with E-state index in [0.717, 1.165) is 18.4 Å². The summed E-state index contributed by atoms with van der Waals surface area (Å²) in [5, 5.41) is 0. The zero-order valence-corrected chi connectivity index (χ0v) is 9.92. The number of carbonyl (C=O) groups excluding carboxylic acids is 1. The third-order valence-electron chi connectivity index (χ3n) is 3.27. The number of hydrogen-bond acceptors (Lipinski definition) is 1. The molecule has 0 spiro atoms. The van der Waals surface area contributed by atoms with Gasteiger partial charge in [0.05, 0.1) is 5.56 Å². The van der Waals surface area contributed by atoms with Crippen LogP contribution in [0.15, 0.2) is 23.8 Å². The van der Waals surface area contributed by atoms with Crippen molar-refractivity contribution in [2.45, 2.75) is 38.5 Å². The number of allylic oxidation sites excluding steroid dienone is 1. The molecule has 1 aromatic carbocycles. The summed E-state index contributed by atoms with van der Waals surface area (Å²) < 4.78 is 13.4. The van der Waals surface area contributed by atoms with Crippen molar-refractivity contribution < 1.29 is 9.18 Å². The molecule has 2 heteroatoms. The van der Waals surface area contributed by atoms with E-state index in [1.165, 1.54) is 37.3 Å². The monoisotopic (exact) mass is 232 g/mol. The fourth-order valence-electron chi connectivity index (χ4n) is 2.29. The summed E-state index contributed by atoms with van der Waals surface area (Å²) in [6.07, 6.45) is 9.95. The van der Waals surface area contributed by atoms with Crippen molar-refractivity contribution in [3.63, 3.8) is 0 Å². The second-order valence-corrected chi connectivity index (χ2v) is 4.62. The molecule has 1 nitrogen and oxygen atoms in total. The minimum absolute atomic E-state index is 0.132. The minimum atomic E-state index is -0.428. The minimum Gasteiger partial charge on any atom is -0.298 e. The van der Waals surface area contributed by atoms with Crippen molar-refractivity contribution in [3.05, 3.63) is 40.7 Å². The molecule has 90 valence electrons. The number of hydrogen-bond donors (Lipinski definition) is 0. The molecule has 17 heavy (non-hydrogen) atoms. The first-order valence-corrected chi connectivity index (χ1v) is 6.24. The van der Waals surface area contributed by atoms with Gasteiger partial charge in [-0.1, -0.05) is 30.6 Å². The Labute approximate surface area is 101 Å². The number of aldehydes is 1. The lowest BCUT2D eigenvalue weighted by Crippen LogP contribution is -1.89. The van der Waals surface area contributed by atoms with Crippen molar-refractivity contribution in [3.8, 4) is 0 Å². The van der Waals surface area contributed by atoms with Gasteiger partial charge in [-0.3, -0.25) is 4.79 Å². The third-order valence-corrected chi connectivity index (χ3v) is 3.27. The fraction of sp³-hybridized carbons (Fsp3) is 0.400. The van der Waals surface area contributed by atoms with Crippen LogP contribution in [-0.2, 0) is 0 Å². The van der Waals surface area contributed by atoms with Crippen molar-refractivity contribution in [1.29, 1.82) is 0 Å². The Morgan fingerprint density at radius 1 is 1.06 bits per heavy atom. The molecule has 0 radical (unpaired) electrons. The third kappa shape index (κ3) is 3.26. The Hall–Kier alpha value is -1.44. The first-order chi connectivity index (χ1) is 8.29. The van der Waals surface area contributed by atoms with Gasteiger partial charge >= 0.3 is 0 Å². The molecule has 0 N–H and O–H groups in total. The van der Waals surface area contributed by atoms with E-state index in [9.17, 15) is 9.18 Å². The van der Waals surface area contributed by atoms with Crippen LogP contribution in [0, 0.1) is 5.82 Å². The summed E-state index contributed by atoms with van der Waals surface area (Å²) in [4.78, 5) is 10.5. The lowest BCUT2D eigenvalue weighted by Gasteiger charge is -2.03. The van der Waals surface area contributed by atoms with Crippen LogP contribution in [0.4, 0.5) is 4.39 Å². The van der Waals surface area contributed by atoms with E-state index in [0.29, 0.717) is 6.29 Å². The van der Waals surface area contributed by atoms with Crippen molar-refractivity contribution in [2.75, 3.05) is 0 Å². The maximum Gasteiger partial charge on any atom is 0.152 e. The van der Waals surface area contributed by atoms with Gasteiger partial charge in [0.15, 0.2) is 6.29 Å². The van der Waals surface area contributed by atoms with Gasteiger partial charge in [0, 0.05) is 0 Å². The smallest absolute Gasteiger partial charge is 0.152 e. The summed E-state index contributed by atoms with van der Waals surface area (Å²) in [6, 6.07) is 4.80. The van der Waals surface area contributed by atoms with E-state index < -0.39 is 5.82 Å². The van der Waals surface area contributed by atoms with Gasteiger partial charge in [0.2, 0.25) is 0 Å². The Morgan fingerprint density at radius 2 is 1.76 bits per heavy atom. The van der Waals surface area contributed by atoms with Gasteiger partial charge < -0.3 is 0 Å². The largest absolute Gasteiger partial charge is 0.298 e. The molecule has 1 saturated carbocycles. The maximum absolute atomic E-state index is 13.4. The zero-order valence-electron chi connectivity index (χ0n) is 9.92. The van der Waals surface area contributed by atoms with Gasteiger partial charge in [-0.2, -0.15) is 0 Å². The molecule has 1 fully saturated rings. The van der Waals surface area contributed by atoms with Gasteiger partial charge in [0.25, 0.3) is 0 Å². The second-order valence-electron chi connectivity index (χ2n) is 4.62. The van der Waals surface area contributed by atoms with Crippen LogP contribution in [-0.4, -0.2) is 6.29 Å². The maximum atomic E-state index is 13.4. The molecular formula is C15H17FO. The van der Waals surface area contributed by atoms with Crippen LogP contribution < -0.4 is 0 Å². The van der Waals surface area contributed by atoms with E-state index in [2.05, 4.69) is 6.08 Å². The summed E-state index contributed by atoms with van der Waals surface area (Å²) in [7, 11) is 0. The number of halogens is 1. The molecule has 1 aliphatic rings. The van der Waals surface area contributed by atoms with Crippen LogP contribution in [0.5, 0.6) is 0 Å². The Morgan fingerprint density at radius 3 is 2.35 bits per heavy atom. The van der Waals surface area contributed by atoms with E-state index in [1.807, 2.05) is 6.07 Å². The lowest BCUT2D eigenvalue weighted by atomic mass is 10.0. The molecule has 0 aliphatic heterocycles. The number of benzene rings is 1.